The minimum absolute atomic E-state index is 0.202. The van der Waals surface area contributed by atoms with Gasteiger partial charge in [-0.05, 0) is 65.7 Å². The van der Waals surface area contributed by atoms with Crippen LogP contribution < -0.4 is 16.8 Å². The van der Waals surface area contributed by atoms with Crippen molar-refractivity contribution in [1.29, 1.82) is 0 Å². The molecule has 2 aromatic carbocycles. The first-order valence-corrected chi connectivity index (χ1v) is 15.2. The molecule has 1 aliphatic carbocycles. The predicted octanol–water partition coefficient (Wildman–Crippen LogP) is 2.18. The zero-order chi connectivity index (χ0) is 26.9. The zero-order valence-electron chi connectivity index (χ0n) is 21.6. The number of carbonyl (C=O) groups is 1. The number of nitrogens with zero attached hydrogens (tertiary/aromatic N) is 2. The fourth-order valence-electron chi connectivity index (χ4n) is 5.12. The van der Waals surface area contributed by atoms with Crippen molar-refractivity contribution >= 4 is 27.3 Å². The number of hydrogen-bond donors (Lipinski definition) is 3. The van der Waals surface area contributed by atoms with Crippen LogP contribution in [0.5, 0.6) is 0 Å². The quantitative estimate of drug-likeness (QED) is 0.386. The van der Waals surface area contributed by atoms with Crippen molar-refractivity contribution in [3.8, 4) is 11.1 Å². The number of fused-ring (bicyclic) bond motifs is 1. The van der Waals surface area contributed by atoms with E-state index in [1.54, 1.807) is 27.8 Å². The summed E-state index contributed by atoms with van der Waals surface area (Å²) in [5, 5.41) is 4.96. The van der Waals surface area contributed by atoms with Gasteiger partial charge in [0, 0.05) is 43.9 Å². The van der Waals surface area contributed by atoms with Gasteiger partial charge in [-0.1, -0.05) is 36.4 Å². The Bertz CT molecular complexity index is 1380. The largest absolute Gasteiger partial charge is 0.339 e. The lowest BCUT2D eigenvalue weighted by Gasteiger charge is -2.33. The van der Waals surface area contributed by atoms with Crippen LogP contribution in [-0.4, -0.2) is 68.5 Å². The lowest BCUT2D eigenvalue weighted by atomic mass is 9.82. The van der Waals surface area contributed by atoms with Gasteiger partial charge in [-0.2, -0.15) is 4.31 Å². The molecule has 2 heterocycles. The maximum atomic E-state index is 13.0. The molecular formula is C28H35N5O3S2. The number of likely N-dealkylation sites (N-methyl/N-ethyl adjacent to an activating group) is 1. The molecule has 202 valence electrons. The van der Waals surface area contributed by atoms with E-state index < -0.39 is 21.7 Å². The number of hydrogen-bond acceptors (Lipinski definition) is 7. The molecule has 10 heteroatoms. The third kappa shape index (κ3) is 5.70. The summed E-state index contributed by atoms with van der Waals surface area (Å²) >= 11 is 1.65. The van der Waals surface area contributed by atoms with Gasteiger partial charge in [-0.15, -0.1) is 11.3 Å². The summed E-state index contributed by atoms with van der Waals surface area (Å²) in [5.41, 5.74) is 16.0. The second-order valence-electron chi connectivity index (χ2n) is 10.4. The number of amides is 1. The fourth-order valence-corrected chi connectivity index (χ4v) is 7.60. The minimum Gasteiger partial charge on any atom is -0.339 e. The normalized spacial score (nSPS) is 21.6. The fraction of sp³-hybridized carbons (Fsp3) is 0.393. The molecule has 1 fully saturated rings. The third-order valence-corrected chi connectivity index (χ3v) is 10.5. The summed E-state index contributed by atoms with van der Waals surface area (Å²) in [7, 11) is -1.49. The van der Waals surface area contributed by atoms with Crippen LogP contribution in [0.25, 0.3) is 11.1 Å². The van der Waals surface area contributed by atoms with Crippen LogP contribution in [0.1, 0.15) is 22.4 Å². The van der Waals surface area contributed by atoms with Crippen LogP contribution in [-0.2, 0) is 34.1 Å². The van der Waals surface area contributed by atoms with Crippen LogP contribution in [0.3, 0.4) is 0 Å². The molecule has 5 N–H and O–H groups in total. The van der Waals surface area contributed by atoms with Crippen molar-refractivity contribution in [2.45, 2.75) is 42.3 Å². The summed E-state index contributed by atoms with van der Waals surface area (Å²) in [6.07, 6.45) is 1.90. The summed E-state index contributed by atoms with van der Waals surface area (Å²) in [6, 6.07) is 17.1. The number of benzene rings is 2. The Kier molecular flexibility index (Phi) is 7.72. The van der Waals surface area contributed by atoms with Crippen molar-refractivity contribution in [3.63, 3.8) is 0 Å². The Hall–Kier alpha value is -2.60. The Morgan fingerprint density at radius 2 is 1.66 bits per heavy atom. The van der Waals surface area contributed by atoms with E-state index in [1.165, 1.54) is 10.4 Å². The minimum atomic E-state index is -3.49. The molecule has 0 radical (unpaired) electrons. The molecule has 0 bridgehead atoms. The highest BCUT2D eigenvalue weighted by molar-refractivity contribution is 7.89. The Morgan fingerprint density at radius 1 is 1.03 bits per heavy atom. The first-order valence-electron chi connectivity index (χ1n) is 12.9. The number of rotatable bonds is 7. The number of piperazine rings is 1. The van der Waals surface area contributed by atoms with E-state index in [0.717, 1.165) is 36.2 Å². The maximum Gasteiger partial charge on any atom is 0.243 e. The number of carbonyl (C=O) groups excluding carboxylic acids is 1. The summed E-state index contributed by atoms with van der Waals surface area (Å²) in [5.74, 6) is -0.202. The smallest absolute Gasteiger partial charge is 0.243 e. The SMILES string of the molecule is CN1CCN(S(=O)(=O)c2ccc(-c3ccc(CC(N)NC(=O)[C@]4(N)CCc5ccsc5C4)cc3)cc2)CC1. The first-order chi connectivity index (χ1) is 18.1. The van der Waals surface area contributed by atoms with E-state index in [4.69, 9.17) is 11.5 Å². The highest BCUT2D eigenvalue weighted by atomic mass is 32.2. The average Bonchev–Trinajstić information content (AvgIpc) is 3.37. The van der Waals surface area contributed by atoms with Crippen molar-refractivity contribution < 1.29 is 13.2 Å². The maximum absolute atomic E-state index is 13.0. The van der Waals surface area contributed by atoms with Crippen LogP contribution in [0.2, 0.25) is 0 Å². The van der Waals surface area contributed by atoms with Gasteiger partial charge in [0.25, 0.3) is 0 Å². The summed E-state index contributed by atoms with van der Waals surface area (Å²) in [6.45, 7) is 2.49. The number of nitrogens with one attached hydrogen (secondary N) is 1. The van der Waals surface area contributed by atoms with E-state index in [-0.39, 0.29) is 5.91 Å². The Labute approximate surface area is 228 Å². The molecule has 38 heavy (non-hydrogen) atoms. The van der Waals surface area contributed by atoms with Gasteiger partial charge in [-0.25, -0.2) is 8.42 Å². The number of aryl methyl sites for hydroxylation is 1. The molecule has 3 aromatic rings. The van der Waals surface area contributed by atoms with E-state index in [9.17, 15) is 13.2 Å². The number of sulfonamides is 1. The number of thiophene rings is 1. The molecule has 1 aliphatic heterocycles. The molecule has 5 rings (SSSR count). The predicted molar refractivity (Wildman–Crippen MR) is 151 cm³/mol. The summed E-state index contributed by atoms with van der Waals surface area (Å²) in [4.78, 5) is 16.6. The monoisotopic (exact) mass is 553 g/mol. The van der Waals surface area contributed by atoms with Gasteiger partial charge in [0.05, 0.1) is 11.1 Å². The standard InChI is InChI=1S/C28H35N5O3S2/c1-32-13-15-33(16-14-32)38(35,36)24-8-6-22(7-9-24)21-4-2-20(3-5-21)18-26(29)31-27(34)28(30)12-10-23-11-17-37-25(23)19-28/h2-9,11,17,26H,10,12-16,18-19,29-30H2,1H3,(H,31,34)/t26?,28-/m0/s1. The zero-order valence-corrected chi connectivity index (χ0v) is 23.2. The second kappa shape index (κ2) is 10.9. The van der Waals surface area contributed by atoms with Crippen molar-refractivity contribution in [3.05, 3.63) is 76.0 Å². The van der Waals surface area contributed by atoms with Crippen molar-refractivity contribution in [1.82, 2.24) is 14.5 Å². The van der Waals surface area contributed by atoms with E-state index in [2.05, 4.69) is 21.7 Å². The van der Waals surface area contributed by atoms with Gasteiger partial charge in [0.1, 0.15) is 5.54 Å². The lowest BCUT2D eigenvalue weighted by Crippen LogP contribution is -2.60. The van der Waals surface area contributed by atoms with Crippen LogP contribution in [0.4, 0.5) is 0 Å². The molecule has 1 unspecified atom stereocenters. The highest BCUT2D eigenvalue weighted by Gasteiger charge is 2.38. The topological polar surface area (TPSA) is 122 Å². The molecule has 2 aliphatic rings. The van der Waals surface area contributed by atoms with Gasteiger partial charge in [-0.3, -0.25) is 4.79 Å². The Balaban J connectivity index is 1.18. The molecule has 1 amide bonds. The van der Waals surface area contributed by atoms with E-state index >= 15 is 0 Å². The van der Waals surface area contributed by atoms with Gasteiger partial charge in [0.15, 0.2) is 0 Å². The number of nitrogens with two attached hydrogens (primary N) is 2. The molecule has 2 atom stereocenters. The van der Waals surface area contributed by atoms with Crippen LogP contribution >= 0.6 is 11.3 Å². The van der Waals surface area contributed by atoms with Gasteiger partial charge < -0.3 is 21.7 Å². The van der Waals surface area contributed by atoms with Gasteiger partial charge in [0.2, 0.25) is 15.9 Å². The van der Waals surface area contributed by atoms with Crippen molar-refractivity contribution in [2.75, 3.05) is 33.2 Å². The molecule has 0 saturated carbocycles. The molecule has 1 aromatic heterocycles. The highest BCUT2D eigenvalue weighted by Crippen LogP contribution is 2.31. The second-order valence-corrected chi connectivity index (χ2v) is 13.4. The third-order valence-electron chi connectivity index (χ3n) is 7.62. The summed E-state index contributed by atoms with van der Waals surface area (Å²) < 4.78 is 27.5. The Morgan fingerprint density at radius 3 is 2.32 bits per heavy atom. The lowest BCUT2D eigenvalue weighted by molar-refractivity contribution is -0.127. The van der Waals surface area contributed by atoms with Crippen LogP contribution in [0.15, 0.2) is 64.9 Å². The average molecular weight is 554 g/mol. The molecule has 1 saturated heterocycles. The molecule has 0 spiro atoms. The van der Waals surface area contributed by atoms with E-state index in [1.807, 2.05) is 43.4 Å². The van der Waals surface area contributed by atoms with Crippen molar-refractivity contribution in [2.24, 2.45) is 11.5 Å². The van der Waals surface area contributed by atoms with E-state index in [0.29, 0.717) is 37.2 Å². The first kappa shape index (κ1) is 27.0. The van der Waals surface area contributed by atoms with Crippen LogP contribution in [0, 0.1) is 0 Å². The van der Waals surface area contributed by atoms with Gasteiger partial charge >= 0.3 is 0 Å². The molecule has 8 nitrogen and oxygen atoms in total. The molecular weight excluding hydrogens is 518 g/mol.